The zero-order valence-electron chi connectivity index (χ0n) is 18.2. The molecule has 7 heteroatoms. The lowest BCUT2D eigenvalue weighted by atomic mass is 9.99. The number of nitrogens with one attached hydrogen (secondary N) is 2. The molecule has 7 nitrogen and oxygen atoms in total. The number of carbonyl (C=O) groups excluding carboxylic acids is 3. The van der Waals surface area contributed by atoms with E-state index < -0.39 is 11.8 Å². The Morgan fingerprint density at radius 1 is 0.758 bits per heavy atom. The maximum atomic E-state index is 13.2. The Bertz CT molecular complexity index is 1340. The van der Waals surface area contributed by atoms with Gasteiger partial charge in [-0.05, 0) is 37.3 Å². The predicted octanol–water partition coefficient (Wildman–Crippen LogP) is 4.46. The molecule has 0 unspecified atom stereocenters. The van der Waals surface area contributed by atoms with Gasteiger partial charge < -0.3 is 10.6 Å². The molecule has 0 atom stereocenters. The molecular weight excluding hydrogens is 416 g/mol. The lowest BCUT2D eigenvalue weighted by Gasteiger charge is -2.14. The van der Waals surface area contributed by atoms with Gasteiger partial charge >= 0.3 is 0 Å². The van der Waals surface area contributed by atoms with Gasteiger partial charge in [-0.15, -0.1) is 0 Å². The number of nitrogens with zero attached hydrogens (tertiary/aromatic N) is 2. The molecule has 0 bridgehead atoms. The van der Waals surface area contributed by atoms with Crippen LogP contribution in [0.3, 0.4) is 0 Å². The van der Waals surface area contributed by atoms with Crippen LogP contribution in [0.4, 0.5) is 11.4 Å². The number of aryl methyl sites for hydroxylation is 2. The van der Waals surface area contributed by atoms with Gasteiger partial charge in [0, 0.05) is 24.4 Å². The van der Waals surface area contributed by atoms with E-state index in [4.69, 9.17) is 0 Å². The monoisotopic (exact) mass is 438 g/mol. The van der Waals surface area contributed by atoms with Crippen molar-refractivity contribution >= 4 is 29.0 Å². The van der Waals surface area contributed by atoms with Crippen molar-refractivity contribution in [3.63, 3.8) is 0 Å². The molecule has 3 aromatic carbocycles. The minimum atomic E-state index is -0.446. The third-order valence-corrected chi connectivity index (χ3v) is 5.07. The summed E-state index contributed by atoms with van der Waals surface area (Å²) in [7, 11) is 1.72. The topological polar surface area (TPSA) is 93.1 Å². The molecule has 0 aliphatic rings. The first-order chi connectivity index (χ1) is 15.9. The van der Waals surface area contributed by atoms with Crippen molar-refractivity contribution in [2.45, 2.75) is 6.92 Å². The van der Waals surface area contributed by atoms with E-state index in [0.717, 1.165) is 5.56 Å². The summed E-state index contributed by atoms with van der Waals surface area (Å²) >= 11 is 0. The van der Waals surface area contributed by atoms with Gasteiger partial charge in [-0.1, -0.05) is 54.1 Å². The maximum absolute atomic E-state index is 13.2. The molecule has 1 aromatic heterocycles. The third-order valence-electron chi connectivity index (χ3n) is 5.07. The van der Waals surface area contributed by atoms with Gasteiger partial charge in [0.1, 0.15) is 0 Å². The van der Waals surface area contributed by atoms with Gasteiger partial charge in [-0.25, -0.2) is 0 Å². The van der Waals surface area contributed by atoms with E-state index in [1.54, 1.807) is 80.0 Å². The number of rotatable bonds is 6. The fraction of sp³-hybridized carbons (Fsp3) is 0.0769. The molecule has 0 saturated heterocycles. The second-order valence-electron chi connectivity index (χ2n) is 7.57. The smallest absolute Gasteiger partial charge is 0.276 e. The fourth-order valence-corrected chi connectivity index (χ4v) is 3.40. The molecule has 2 amide bonds. The number of carbonyl (C=O) groups is 3. The normalized spacial score (nSPS) is 10.5. The van der Waals surface area contributed by atoms with Crippen LogP contribution in [0.5, 0.6) is 0 Å². The van der Waals surface area contributed by atoms with Gasteiger partial charge in [0.25, 0.3) is 11.8 Å². The van der Waals surface area contributed by atoms with Crippen LogP contribution in [-0.2, 0) is 7.05 Å². The predicted molar refractivity (Wildman–Crippen MR) is 127 cm³/mol. The maximum Gasteiger partial charge on any atom is 0.276 e. The highest BCUT2D eigenvalue weighted by Crippen LogP contribution is 2.24. The quantitative estimate of drug-likeness (QED) is 0.435. The second kappa shape index (κ2) is 9.32. The Kier molecular flexibility index (Phi) is 6.13. The summed E-state index contributed by atoms with van der Waals surface area (Å²) in [6.07, 6.45) is 1.66. The fourth-order valence-electron chi connectivity index (χ4n) is 3.40. The summed E-state index contributed by atoms with van der Waals surface area (Å²) in [5, 5.41) is 9.65. The van der Waals surface area contributed by atoms with Crippen molar-refractivity contribution in [3.8, 4) is 0 Å². The summed E-state index contributed by atoms with van der Waals surface area (Å²) in [6, 6.07) is 22.4. The first kappa shape index (κ1) is 21.7. The summed E-state index contributed by atoms with van der Waals surface area (Å²) in [4.78, 5) is 38.8. The van der Waals surface area contributed by atoms with Gasteiger partial charge in [0.15, 0.2) is 11.5 Å². The Balaban J connectivity index is 1.61. The Morgan fingerprint density at radius 2 is 1.42 bits per heavy atom. The van der Waals surface area contributed by atoms with Crippen LogP contribution in [0.1, 0.15) is 42.3 Å². The van der Waals surface area contributed by atoms with E-state index in [1.165, 1.54) is 4.68 Å². The molecule has 0 saturated carbocycles. The highest BCUT2D eigenvalue weighted by atomic mass is 16.2. The standard InChI is InChI=1S/C26H22N4O3/c1-17-12-13-22(20(16-17)24(31)18-8-4-3-5-9-18)27-25(32)19-10-6-7-11-21(19)28-26(33)23-14-15-30(2)29-23/h3-16H,1-2H3,(H,27,32)(H,28,33). The summed E-state index contributed by atoms with van der Waals surface area (Å²) in [5.74, 6) is -1.06. The summed E-state index contributed by atoms with van der Waals surface area (Å²) < 4.78 is 1.52. The Labute approximate surface area is 191 Å². The second-order valence-corrected chi connectivity index (χ2v) is 7.57. The van der Waals surface area contributed by atoms with E-state index in [1.807, 2.05) is 19.1 Å². The Hall–Kier alpha value is -4.52. The largest absolute Gasteiger partial charge is 0.321 e. The molecule has 0 aliphatic heterocycles. The SMILES string of the molecule is Cc1ccc(NC(=O)c2ccccc2NC(=O)c2ccn(C)n2)c(C(=O)c2ccccc2)c1. The molecule has 33 heavy (non-hydrogen) atoms. The highest BCUT2D eigenvalue weighted by molar-refractivity contribution is 6.17. The lowest BCUT2D eigenvalue weighted by molar-refractivity contribution is 0.101. The first-order valence-electron chi connectivity index (χ1n) is 10.3. The van der Waals surface area contributed by atoms with Gasteiger partial charge in [-0.3, -0.25) is 19.1 Å². The van der Waals surface area contributed by atoms with Gasteiger partial charge in [-0.2, -0.15) is 5.10 Å². The number of ketones is 1. The molecule has 0 spiro atoms. The van der Waals surface area contributed by atoms with Crippen molar-refractivity contribution in [3.05, 3.63) is 113 Å². The van der Waals surface area contributed by atoms with Crippen LogP contribution in [-0.4, -0.2) is 27.4 Å². The van der Waals surface area contributed by atoms with Crippen molar-refractivity contribution in [1.82, 2.24) is 9.78 Å². The van der Waals surface area contributed by atoms with Crippen LogP contribution in [0.25, 0.3) is 0 Å². The highest BCUT2D eigenvalue weighted by Gasteiger charge is 2.19. The van der Waals surface area contributed by atoms with Crippen LogP contribution in [0.2, 0.25) is 0 Å². The molecule has 2 N–H and O–H groups in total. The minimum absolute atomic E-state index is 0.189. The Morgan fingerprint density at radius 3 is 2.15 bits per heavy atom. The van der Waals surface area contributed by atoms with Crippen LogP contribution >= 0.6 is 0 Å². The van der Waals surface area contributed by atoms with E-state index >= 15 is 0 Å². The van der Waals surface area contributed by atoms with E-state index in [-0.39, 0.29) is 17.0 Å². The molecule has 0 fully saturated rings. The molecule has 4 rings (SSSR count). The zero-order chi connectivity index (χ0) is 23.4. The molecule has 1 heterocycles. The van der Waals surface area contributed by atoms with Gasteiger partial charge in [0.2, 0.25) is 0 Å². The van der Waals surface area contributed by atoms with Crippen LogP contribution < -0.4 is 10.6 Å². The van der Waals surface area contributed by atoms with Crippen molar-refractivity contribution < 1.29 is 14.4 Å². The average molecular weight is 438 g/mol. The van der Waals surface area contributed by atoms with E-state index in [0.29, 0.717) is 22.5 Å². The number of hydrogen-bond acceptors (Lipinski definition) is 4. The average Bonchev–Trinajstić information content (AvgIpc) is 3.27. The molecule has 0 radical (unpaired) electrons. The van der Waals surface area contributed by atoms with Crippen LogP contribution in [0.15, 0.2) is 85.1 Å². The molecule has 4 aromatic rings. The van der Waals surface area contributed by atoms with Crippen LogP contribution in [0, 0.1) is 6.92 Å². The lowest BCUT2D eigenvalue weighted by Crippen LogP contribution is -2.20. The van der Waals surface area contributed by atoms with Crippen molar-refractivity contribution in [2.24, 2.45) is 7.05 Å². The van der Waals surface area contributed by atoms with Gasteiger partial charge in [0.05, 0.1) is 16.9 Å². The van der Waals surface area contributed by atoms with E-state index in [2.05, 4.69) is 15.7 Å². The molecular formula is C26H22N4O3. The number of amides is 2. The van der Waals surface area contributed by atoms with Crippen molar-refractivity contribution in [2.75, 3.05) is 10.6 Å². The van der Waals surface area contributed by atoms with Crippen molar-refractivity contribution in [1.29, 1.82) is 0 Å². The summed E-state index contributed by atoms with van der Waals surface area (Å²) in [5.41, 5.74) is 3.06. The molecule has 164 valence electrons. The minimum Gasteiger partial charge on any atom is -0.321 e. The number of anilines is 2. The summed E-state index contributed by atoms with van der Waals surface area (Å²) in [6.45, 7) is 1.88. The number of hydrogen-bond donors (Lipinski definition) is 2. The number of para-hydroxylation sites is 1. The first-order valence-corrected chi connectivity index (χ1v) is 10.3. The number of aromatic nitrogens is 2. The third kappa shape index (κ3) is 4.88. The van der Waals surface area contributed by atoms with E-state index in [9.17, 15) is 14.4 Å². The molecule has 0 aliphatic carbocycles. The number of benzene rings is 3. The zero-order valence-corrected chi connectivity index (χ0v) is 18.2.